The summed E-state index contributed by atoms with van der Waals surface area (Å²) in [5, 5.41) is 13.9. The first-order valence-electron chi connectivity index (χ1n) is 5.95. The van der Waals surface area contributed by atoms with E-state index in [1.807, 2.05) is 0 Å². The molecule has 1 rings (SSSR count). The first-order valence-corrected chi connectivity index (χ1v) is 5.95. The predicted molar refractivity (Wildman–Crippen MR) is 63.9 cm³/mol. The summed E-state index contributed by atoms with van der Waals surface area (Å²) in [5.41, 5.74) is 0. The number of amides is 2. The molecule has 2 unspecified atom stereocenters. The second kappa shape index (κ2) is 6.44. The molecule has 98 valence electrons. The molecular weight excluding hydrogens is 222 g/mol. The van der Waals surface area contributed by atoms with Gasteiger partial charge in [0.2, 0.25) is 0 Å². The van der Waals surface area contributed by atoms with Crippen LogP contribution in [0.4, 0.5) is 4.79 Å². The van der Waals surface area contributed by atoms with E-state index < -0.39 is 5.97 Å². The summed E-state index contributed by atoms with van der Waals surface area (Å²) in [6, 6.07) is 0.382. The van der Waals surface area contributed by atoms with E-state index in [0.717, 1.165) is 19.4 Å². The summed E-state index contributed by atoms with van der Waals surface area (Å²) < 4.78 is 0. The predicted octanol–water partition coefficient (Wildman–Crippen LogP) is 0.243. The van der Waals surface area contributed by atoms with Crippen molar-refractivity contribution in [3.8, 4) is 0 Å². The zero-order chi connectivity index (χ0) is 12.8. The third-order valence-corrected chi connectivity index (χ3v) is 3.17. The maximum Gasteiger partial charge on any atom is 0.315 e. The Balaban J connectivity index is 2.20. The van der Waals surface area contributed by atoms with Gasteiger partial charge in [-0.1, -0.05) is 0 Å². The van der Waals surface area contributed by atoms with E-state index in [0.29, 0.717) is 6.04 Å². The third-order valence-electron chi connectivity index (χ3n) is 3.17. The fourth-order valence-electron chi connectivity index (χ4n) is 1.94. The van der Waals surface area contributed by atoms with Gasteiger partial charge in [0.25, 0.3) is 0 Å². The SMILES string of the molecule is CC1CC(NC(=O)NCCC(=O)O)CCN1C. The van der Waals surface area contributed by atoms with Gasteiger partial charge in [0.05, 0.1) is 6.42 Å². The summed E-state index contributed by atoms with van der Waals surface area (Å²) in [7, 11) is 2.08. The summed E-state index contributed by atoms with van der Waals surface area (Å²) in [6.07, 6.45) is 1.83. The maximum atomic E-state index is 11.5. The van der Waals surface area contributed by atoms with Gasteiger partial charge in [0, 0.05) is 25.2 Å². The number of hydrogen-bond donors (Lipinski definition) is 3. The Morgan fingerprint density at radius 2 is 2.18 bits per heavy atom. The van der Waals surface area contributed by atoms with Crippen molar-refractivity contribution in [2.24, 2.45) is 0 Å². The maximum absolute atomic E-state index is 11.5. The van der Waals surface area contributed by atoms with Crippen LogP contribution in [-0.2, 0) is 4.79 Å². The lowest BCUT2D eigenvalue weighted by Gasteiger charge is -2.35. The highest BCUT2D eigenvalue weighted by molar-refractivity contribution is 5.75. The van der Waals surface area contributed by atoms with E-state index in [9.17, 15) is 9.59 Å². The molecule has 0 spiro atoms. The Bertz CT molecular complexity index is 283. The van der Waals surface area contributed by atoms with Crippen LogP contribution < -0.4 is 10.6 Å². The number of carboxylic acids is 1. The molecule has 3 N–H and O–H groups in total. The lowest BCUT2D eigenvalue weighted by atomic mass is 9.99. The molecule has 0 aromatic rings. The molecule has 2 amide bonds. The summed E-state index contributed by atoms with van der Waals surface area (Å²) >= 11 is 0. The van der Waals surface area contributed by atoms with Gasteiger partial charge in [-0.05, 0) is 26.8 Å². The molecule has 0 aromatic carbocycles. The number of piperidine rings is 1. The Kier molecular flexibility index (Phi) is 5.21. The molecule has 1 saturated heterocycles. The van der Waals surface area contributed by atoms with Crippen molar-refractivity contribution in [2.75, 3.05) is 20.1 Å². The normalized spacial score (nSPS) is 25.3. The highest BCUT2D eigenvalue weighted by atomic mass is 16.4. The number of carbonyl (C=O) groups is 2. The number of nitrogens with one attached hydrogen (secondary N) is 2. The van der Waals surface area contributed by atoms with Crippen LogP contribution >= 0.6 is 0 Å². The van der Waals surface area contributed by atoms with Crippen molar-refractivity contribution in [3.63, 3.8) is 0 Å². The van der Waals surface area contributed by atoms with E-state index in [-0.39, 0.29) is 25.0 Å². The van der Waals surface area contributed by atoms with Crippen molar-refractivity contribution in [1.82, 2.24) is 15.5 Å². The molecule has 0 bridgehead atoms. The van der Waals surface area contributed by atoms with Crippen LogP contribution in [0.5, 0.6) is 0 Å². The number of carbonyl (C=O) groups excluding carboxylic acids is 1. The first kappa shape index (κ1) is 13.8. The average molecular weight is 243 g/mol. The van der Waals surface area contributed by atoms with Crippen molar-refractivity contribution in [3.05, 3.63) is 0 Å². The van der Waals surface area contributed by atoms with Crippen molar-refractivity contribution < 1.29 is 14.7 Å². The Hall–Kier alpha value is -1.30. The first-order chi connectivity index (χ1) is 7.99. The van der Waals surface area contributed by atoms with Crippen LogP contribution in [0.25, 0.3) is 0 Å². The van der Waals surface area contributed by atoms with Gasteiger partial charge in [0.15, 0.2) is 0 Å². The van der Waals surface area contributed by atoms with Crippen LogP contribution in [0.15, 0.2) is 0 Å². The molecule has 2 atom stereocenters. The van der Waals surface area contributed by atoms with Crippen LogP contribution in [-0.4, -0.2) is 54.2 Å². The minimum Gasteiger partial charge on any atom is -0.481 e. The van der Waals surface area contributed by atoms with Crippen molar-refractivity contribution >= 4 is 12.0 Å². The zero-order valence-corrected chi connectivity index (χ0v) is 10.4. The lowest BCUT2D eigenvalue weighted by Crippen LogP contribution is -2.50. The van der Waals surface area contributed by atoms with Gasteiger partial charge in [-0.25, -0.2) is 4.79 Å². The average Bonchev–Trinajstić information content (AvgIpc) is 2.23. The molecule has 0 saturated carbocycles. The molecule has 1 heterocycles. The van der Waals surface area contributed by atoms with Gasteiger partial charge < -0.3 is 20.6 Å². The van der Waals surface area contributed by atoms with E-state index in [1.165, 1.54) is 0 Å². The Morgan fingerprint density at radius 1 is 1.47 bits per heavy atom. The van der Waals surface area contributed by atoms with E-state index in [4.69, 9.17) is 5.11 Å². The van der Waals surface area contributed by atoms with Gasteiger partial charge in [-0.3, -0.25) is 4.79 Å². The summed E-state index contributed by atoms with van der Waals surface area (Å²) in [4.78, 5) is 24.0. The highest BCUT2D eigenvalue weighted by Gasteiger charge is 2.23. The Labute approximate surface area is 101 Å². The van der Waals surface area contributed by atoms with Crippen LogP contribution in [0.2, 0.25) is 0 Å². The molecule has 6 nitrogen and oxygen atoms in total. The van der Waals surface area contributed by atoms with Gasteiger partial charge >= 0.3 is 12.0 Å². The second-order valence-electron chi connectivity index (χ2n) is 4.59. The van der Waals surface area contributed by atoms with Gasteiger partial charge in [-0.2, -0.15) is 0 Å². The molecule has 6 heteroatoms. The van der Waals surface area contributed by atoms with Gasteiger partial charge in [-0.15, -0.1) is 0 Å². The lowest BCUT2D eigenvalue weighted by molar-refractivity contribution is -0.136. The van der Waals surface area contributed by atoms with Crippen molar-refractivity contribution in [2.45, 2.75) is 38.3 Å². The van der Waals surface area contributed by atoms with Crippen LogP contribution in [0.3, 0.4) is 0 Å². The molecule has 0 aromatic heterocycles. The summed E-state index contributed by atoms with van der Waals surface area (Å²) in [5.74, 6) is -0.904. The van der Waals surface area contributed by atoms with E-state index in [1.54, 1.807) is 0 Å². The van der Waals surface area contributed by atoms with E-state index in [2.05, 4.69) is 29.5 Å². The molecule has 1 aliphatic rings. The quantitative estimate of drug-likeness (QED) is 0.661. The zero-order valence-electron chi connectivity index (χ0n) is 10.4. The molecule has 1 fully saturated rings. The fourth-order valence-corrected chi connectivity index (χ4v) is 1.94. The molecule has 0 radical (unpaired) electrons. The number of urea groups is 1. The monoisotopic (exact) mass is 243 g/mol. The van der Waals surface area contributed by atoms with Crippen LogP contribution in [0, 0.1) is 0 Å². The number of hydrogen-bond acceptors (Lipinski definition) is 3. The number of likely N-dealkylation sites (tertiary alicyclic amines) is 1. The number of carboxylic acid groups (broad SMARTS) is 1. The van der Waals surface area contributed by atoms with Gasteiger partial charge in [0.1, 0.15) is 0 Å². The van der Waals surface area contributed by atoms with E-state index >= 15 is 0 Å². The minimum atomic E-state index is -0.904. The topological polar surface area (TPSA) is 81.7 Å². The standard InChI is InChI=1S/C11H21N3O3/c1-8-7-9(4-6-14(8)2)13-11(17)12-5-3-10(15)16/h8-9H,3-7H2,1-2H3,(H,15,16)(H2,12,13,17). The third kappa shape index (κ3) is 5.04. The molecule has 17 heavy (non-hydrogen) atoms. The smallest absolute Gasteiger partial charge is 0.315 e. The molecule has 1 aliphatic heterocycles. The fraction of sp³-hybridized carbons (Fsp3) is 0.818. The largest absolute Gasteiger partial charge is 0.481 e. The molecule has 0 aliphatic carbocycles. The summed E-state index contributed by atoms with van der Waals surface area (Å²) in [6.45, 7) is 3.28. The van der Waals surface area contributed by atoms with Crippen molar-refractivity contribution in [1.29, 1.82) is 0 Å². The molecular formula is C11H21N3O3. The minimum absolute atomic E-state index is 0.0444. The highest BCUT2D eigenvalue weighted by Crippen LogP contribution is 2.14. The number of nitrogens with zero attached hydrogens (tertiary/aromatic N) is 1. The second-order valence-corrected chi connectivity index (χ2v) is 4.59. The number of rotatable bonds is 4. The van der Waals surface area contributed by atoms with Crippen LogP contribution in [0.1, 0.15) is 26.2 Å². The number of aliphatic carboxylic acids is 1. The Morgan fingerprint density at radius 3 is 2.76 bits per heavy atom.